The molecule has 0 aliphatic heterocycles. The summed E-state index contributed by atoms with van der Waals surface area (Å²) in [6.45, 7) is 6.66. The highest BCUT2D eigenvalue weighted by molar-refractivity contribution is 9.10. The number of ketones is 1. The smallest absolute Gasteiger partial charge is 0.169 e. The summed E-state index contributed by atoms with van der Waals surface area (Å²) < 4.78 is 2.73. The van der Waals surface area contributed by atoms with Crippen molar-refractivity contribution in [1.82, 2.24) is 9.78 Å². The van der Waals surface area contributed by atoms with E-state index in [0.717, 1.165) is 33.4 Å². The Kier molecular flexibility index (Phi) is 5.22. The number of benzene rings is 1. The van der Waals surface area contributed by atoms with Gasteiger partial charge >= 0.3 is 0 Å². The molecule has 2 rings (SSSR count). The topological polar surface area (TPSA) is 34.9 Å². The summed E-state index contributed by atoms with van der Waals surface area (Å²) in [6.07, 6.45) is 1.04. The van der Waals surface area contributed by atoms with Crippen molar-refractivity contribution in [3.8, 4) is 0 Å². The van der Waals surface area contributed by atoms with E-state index in [0.29, 0.717) is 11.6 Å². The fraction of sp³-hybridized carbons (Fsp3) is 0.375. The zero-order valence-corrected chi connectivity index (χ0v) is 14.8. The summed E-state index contributed by atoms with van der Waals surface area (Å²) in [5.41, 5.74) is 3.35. The maximum absolute atomic E-state index is 12.6. The molecule has 0 amide bonds. The van der Waals surface area contributed by atoms with Crippen molar-refractivity contribution in [2.75, 3.05) is 0 Å². The Hall–Kier alpha value is -1.13. The van der Waals surface area contributed by atoms with Crippen molar-refractivity contribution < 1.29 is 4.79 Å². The van der Waals surface area contributed by atoms with Gasteiger partial charge in [0.05, 0.1) is 22.8 Å². The lowest BCUT2D eigenvalue weighted by Crippen LogP contribution is -2.11. The third-order valence-electron chi connectivity index (χ3n) is 3.52. The zero-order valence-electron chi connectivity index (χ0n) is 12.4. The minimum atomic E-state index is 0.0629. The van der Waals surface area contributed by atoms with Gasteiger partial charge in [-0.3, -0.25) is 9.48 Å². The van der Waals surface area contributed by atoms with Crippen LogP contribution in [0.5, 0.6) is 0 Å². The van der Waals surface area contributed by atoms with E-state index in [9.17, 15) is 4.79 Å². The number of rotatable bonds is 5. The minimum absolute atomic E-state index is 0.0629. The van der Waals surface area contributed by atoms with Crippen LogP contribution < -0.4 is 0 Å². The molecule has 0 N–H and O–H groups in total. The normalized spacial score (nSPS) is 10.9. The van der Waals surface area contributed by atoms with Crippen LogP contribution in [-0.2, 0) is 19.4 Å². The van der Waals surface area contributed by atoms with Gasteiger partial charge in [0, 0.05) is 16.6 Å². The first-order chi connectivity index (χ1) is 9.97. The highest BCUT2D eigenvalue weighted by Crippen LogP contribution is 2.24. The number of nitrogens with zero attached hydrogens (tertiary/aromatic N) is 2. The number of carbonyl (C=O) groups is 1. The molecule has 112 valence electrons. The first-order valence-electron chi connectivity index (χ1n) is 7.01. The van der Waals surface area contributed by atoms with Gasteiger partial charge in [-0.15, -0.1) is 0 Å². The van der Waals surface area contributed by atoms with E-state index >= 15 is 0 Å². The second-order valence-electron chi connectivity index (χ2n) is 4.94. The number of aromatic nitrogens is 2. The number of halogens is 2. The van der Waals surface area contributed by atoms with Gasteiger partial charge in [0.15, 0.2) is 5.78 Å². The second kappa shape index (κ2) is 6.75. The molecule has 0 fully saturated rings. The molecule has 0 radical (unpaired) electrons. The van der Waals surface area contributed by atoms with Crippen LogP contribution >= 0.6 is 27.5 Å². The van der Waals surface area contributed by atoms with Gasteiger partial charge in [0.1, 0.15) is 0 Å². The van der Waals surface area contributed by atoms with E-state index in [1.165, 1.54) is 0 Å². The van der Waals surface area contributed by atoms with Crippen molar-refractivity contribution in [1.29, 1.82) is 0 Å². The Bertz CT molecular complexity index is 679. The van der Waals surface area contributed by atoms with Gasteiger partial charge in [-0.1, -0.05) is 40.5 Å². The second-order valence-corrected chi connectivity index (χ2v) is 6.23. The molecule has 0 unspecified atom stereocenters. The Morgan fingerprint density at radius 2 is 2.10 bits per heavy atom. The largest absolute Gasteiger partial charge is 0.294 e. The number of carbonyl (C=O) groups excluding carboxylic acids is 1. The molecule has 21 heavy (non-hydrogen) atoms. The molecule has 3 nitrogen and oxygen atoms in total. The Morgan fingerprint density at radius 3 is 2.71 bits per heavy atom. The van der Waals surface area contributed by atoms with Gasteiger partial charge in [-0.05, 0) is 38.0 Å². The van der Waals surface area contributed by atoms with E-state index in [-0.39, 0.29) is 12.2 Å². The monoisotopic (exact) mass is 368 g/mol. The summed E-state index contributed by atoms with van der Waals surface area (Å²) in [5.74, 6) is 0.0629. The van der Waals surface area contributed by atoms with Crippen molar-refractivity contribution in [3.63, 3.8) is 0 Å². The number of Topliss-reactive ketones (excluding diaryl/α,β-unsaturated/α-hetero) is 1. The molecule has 0 spiro atoms. The van der Waals surface area contributed by atoms with Gasteiger partial charge in [0.2, 0.25) is 0 Å². The third-order valence-corrected chi connectivity index (χ3v) is 4.45. The van der Waals surface area contributed by atoms with Crippen molar-refractivity contribution >= 4 is 33.3 Å². The van der Waals surface area contributed by atoms with E-state index in [1.807, 2.05) is 43.7 Å². The summed E-state index contributed by atoms with van der Waals surface area (Å²) in [5, 5.41) is 5.08. The summed E-state index contributed by atoms with van der Waals surface area (Å²) in [4.78, 5) is 12.6. The van der Waals surface area contributed by atoms with Crippen LogP contribution in [0.4, 0.5) is 0 Å². The van der Waals surface area contributed by atoms with Gasteiger partial charge < -0.3 is 0 Å². The fourth-order valence-corrected chi connectivity index (χ4v) is 3.02. The average molecular weight is 370 g/mol. The van der Waals surface area contributed by atoms with E-state index in [2.05, 4.69) is 21.0 Å². The fourth-order valence-electron chi connectivity index (χ4n) is 2.33. The maximum Gasteiger partial charge on any atom is 0.169 e. The molecule has 5 heteroatoms. The first kappa shape index (κ1) is 16.2. The Labute approximate surface area is 138 Å². The predicted octanol–water partition coefficient (Wildman–Crippen LogP) is 4.62. The van der Waals surface area contributed by atoms with Gasteiger partial charge in [0.25, 0.3) is 0 Å². The molecule has 0 aliphatic carbocycles. The number of aryl methyl sites for hydroxylation is 3. The van der Waals surface area contributed by atoms with Crippen LogP contribution in [0.3, 0.4) is 0 Å². The van der Waals surface area contributed by atoms with E-state index in [1.54, 1.807) is 0 Å². The number of hydrogen-bond donors (Lipinski definition) is 0. The summed E-state index contributed by atoms with van der Waals surface area (Å²) >= 11 is 9.78. The summed E-state index contributed by atoms with van der Waals surface area (Å²) in [7, 11) is 0. The standard InChI is InChI=1S/C16H18BrClN2O/c1-4-13-16(18)14(20(5-2)19-13)9-15(21)12-8-11(17)7-6-10(12)3/h6-8H,4-5,9H2,1-3H3. The Morgan fingerprint density at radius 1 is 1.38 bits per heavy atom. The van der Waals surface area contributed by atoms with Gasteiger partial charge in [-0.2, -0.15) is 5.10 Å². The van der Waals surface area contributed by atoms with E-state index < -0.39 is 0 Å². The molecule has 0 saturated heterocycles. The predicted molar refractivity (Wildman–Crippen MR) is 89.2 cm³/mol. The van der Waals surface area contributed by atoms with Crippen molar-refractivity contribution in [2.24, 2.45) is 0 Å². The molecule has 1 aromatic carbocycles. The van der Waals surface area contributed by atoms with Crippen LogP contribution in [0.15, 0.2) is 22.7 Å². The van der Waals surface area contributed by atoms with Crippen LogP contribution in [0.1, 0.15) is 41.2 Å². The molecule has 1 aromatic heterocycles. The SMILES string of the molecule is CCc1nn(CC)c(CC(=O)c2cc(Br)ccc2C)c1Cl. The average Bonchev–Trinajstić information content (AvgIpc) is 2.77. The lowest BCUT2D eigenvalue weighted by molar-refractivity contribution is 0.0990. The van der Waals surface area contributed by atoms with Crippen LogP contribution in [0.2, 0.25) is 5.02 Å². The zero-order chi connectivity index (χ0) is 15.6. The lowest BCUT2D eigenvalue weighted by atomic mass is 10.0. The van der Waals surface area contributed by atoms with E-state index in [4.69, 9.17) is 11.6 Å². The summed E-state index contributed by atoms with van der Waals surface area (Å²) in [6, 6.07) is 5.73. The third kappa shape index (κ3) is 3.38. The minimum Gasteiger partial charge on any atom is -0.294 e. The molecular weight excluding hydrogens is 352 g/mol. The number of hydrogen-bond acceptors (Lipinski definition) is 2. The maximum atomic E-state index is 12.6. The highest BCUT2D eigenvalue weighted by Gasteiger charge is 2.19. The van der Waals surface area contributed by atoms with Crippen molar-refractivity contribution in [3.05, 3.63) is 50.2 Å². The molecule has 0 bridgehead atoms. The quantitative estimate of drug-likeness (QED) is 0.721. The molecular formula is C16H18BrClN2O. The van der Waals surface area contributed by atoms with Crippen LogP contribution in [-0.4, -0.2) is 15.6 Å². The molecule has 1 heterocycles. The lowest BCUT2D eigenvalue weighted by Gasteiger charge is -2.08. The van der Waals surface area contributed by atoms with Gasteiger partial charge in [-0.25, -0.2) is 0 Å². The molecule has 0 saturated carbocycles. The highest BCUT2D eigenvalue weighted by atomic mass is 79.9. The van der Waals surface area contributed by atoms with Crippen LogP contribution in [0.25, 0.3) is 0 Å². The van der Waals surface area contributed by atoms with Crippen LogP contribution in [0, 0.1) is 6.92 Å². The molecule has 0 atom stereocenters. The van der Waals surface area contributed by atoms with Crippen molar-refractivity contribution in [2.45, 2.75) is 40.2 Å². The molecule has 0 aliphatic rings. The first-order valence-corrected chi connectivity index (χ1v) is 8.18. The molecule has 2 aromatic rings. The Balaban J connectivity index is 2.35.